The van der Waals surface area contributed by atoms with Crippen molar-refractivity contribution in [3.8, 4) is 5.75 Å². The Balaban J connectivity index is 1.47. The monoisotopic (exact) mass is 389 g/mol. The van der Waals surface area contributed by atoms with Gasteiger partial charge < -0.3 is 9.30 Å². The Bertz CT molecular complexity index is 1070. The van der Waals surface area contributed by atoms with Crippen molar-refractivity contribution in [1.29, 1.82) is 0 Å². The summed E-state index contributed by atoms with van der Waals surface area (Å²) in [4.78, 5) is 0. The molecule has 0 amide bonds. The van der Waals surface area contributed by atoms with Crippen LogP contribution in [0.25, 0.3) is 10.8 Å². The minimum atomic E-state index is 0.415. The molecule has 3 aromatic carbocycles. The largest absolute Gasteiger partial charge is 0.486 e. The predicted octanol–water partition coefficient (Wildman–Crippen LogP) is 5.63. The van der Waals surface area contributed by atoms with Crippen molar-refractivity contribution in [2.24, 2.45) is 0 Å². The summed E-state index contributed by atoms with van der Waals surface area (Å²) in [6, 6.07) is 23.0. The molecule has 0 atom stereocenters. The van der Waals surface area contributed by atoms with E-state index in [1.54, 1.807) is 11.8 Å². The summed E-state index contributed by atoms with van der Waals surface area (Å²) in [5.74, 6) is 2.56. The molecule has 0 saturated carbocycles. The highest BCUT2D eigenvalue weighted by Crippen LogP contribution is 2.27. The van der Waals surface area contributed by atoms with Crippen LogP contribution in [0.1, 0.15) is 23.9 Å². The summed E-state index contributed by atoms with van der Waals surface area (Å²) < 4.78 is 8.02. The van der Waals surface area contributed by atoms with E-state index in [1.165, 1.54) is 21.9 Å². The first-order chi connectivity index (χ1) is 13.7. The van der Waals surface area contributed by atoms with Gasteiger partial charge in [0.15, 0.2) is 11.0 Å². The zero-order chi connectivity index (χ0) is 19.3. The van der Waals surface area contributed by atoms with Crippen LogP contribution in [0.15, 0.2) is 71.9 Å². The maximum Gasteiger partial charge on any atom is 0.191 e. The fourth-order valence-electron chi connectivity index (χ4n) is 3.19. The highest BCUT2D eigenvalue weighted by atomic mass is 32.2. The van der Waals surface area contributed by atoms with Gasteiger partial charge in [-0.05, 0) is 42.3 Å². The molecule has 28 heavy (non-hydrogen) atoms. The molecule has 4 nitrogen and oxygen atoms in total. The van der Waals surface area contributed by atoms with Gasteiger partial charge in [0.2, 0.25) is 0 Å². The Morgan fingerprint density at radius 2 is 1.71 bits per heavy atom. The van der Waals surface area contributed by atoms with Crippen molar-refractivity contribution in [3.05, 3.63) is 83.7 Å². The first-order valence-electron chi connectivity index (χ1n) is 9.45. The van der Waals surface area contributed by atoms with Crippen molar-refractivity contribution in [1.82, 2.24) is 14.8 Å². The molecule has 0 unspecified atom stereocenters. The van der Waals surface area contributed by atoms with E-state index in [9.17, 15) is 0 Å². The van der Waals surface area contributed by atoms with E-state index in [0.717, 1.165) is 29.0 Å². The number of aryl methyl sites for hydroxylation is 1. The normalized spacial score (nSPS) is 11.1. The molecule has 4 rings (SSSR count). The topological polar surface area (TPSA) is 39.9 Å². The fourth-order valence-corrected chi connectivity index (χ4v) is 4.22. The number of hydrogen-bond donors (Lipinski definition) is 0. The molecule has 0 fully saturated rings. The number of aromatic nitrogens is 3. The lowest BCUT2D eigenvalue weighted by molar-refractivity contribution is 0.288. The van der Waals surface area contributed by atoms with Gasteiger partial charge in [-0.15, -0.1) is 10.2 Å². The van der Waals surface area contributed by atoms with E-state index < -0.39 is 0 Å². The molecule has 5 heteroatoms. The summed E-state index contributed by atoms with van der Waals surface area (Å²) >= 11 is 1.72. The summed E-state index contributed by atoms with van der Waals surface area (Å²) in [6.45, 7) is 5.41. The molecular weight excluding hydrogens is 366 g/mol. The fraction of sp³-hybridized carbons (Fsp3) is 0.217. The summed E-state index contributed by atoms with van der Waals surface area (Å²) in [7, 11) is 0. The molecule has 4 aromatic rings. The van der Waals surface area contributed by atoms with Gasteiger partial charge in [0, 0.05) is 12.3 Å². The number of rotatable bonds is 7. The van der Waals surface area contributed by atoms with Gasteiger partial charge >= 0.3 is 0 Å². The molecule has 1 heterocycles. The standard InChI is InChI=1S/C23H23N3OS/c1-3-26-22(15-27-20-13-11-17(2)12-14-20)24-25-23(26)28-16-19-9-6-8-18-7-4-5-10-21(18)19/h4-14H,3,15-16H2,1-2H3. The van der Waals surface area contributed by atoms with Crippen LogP contribution in [0.5, 0.6) is 5.75 Å². The second kappa shape index (κ2) is 8.48. The number of thioether (sulfide) groups is 1. The average Bonchev–Trinajstić information content (AvgIpc) is 3.13. The second-order valence-corrected chi connectivity index (χ2v) is 7.61. The zero-order valence-corrected chi connectivity index (χ0v) is 16.9. The van der Waals surface area contributed by atoms with Gasteiger partial charge in [0.25, 0.3) is 0 Å². The van der Waals surface area contributed by atoms with Crippen LogP contribution in [0, 0.1) is 6.92 Å². The molecule has 0 spiro atoms. The Morgan fingerprint density at radius 1 is 0.929 bits per heavy atom. The van der Waals surface area contributed by atoms with Crippen LogP contribution < -0.4 is 4.74 Å². The maximum absolute atomic E-state index is 5.89. The highest BCUT2D eigenvalue weighted by Gasteiger charge is 2.13. The number of ether oxygens (including phenoxy) is 1. The van der Waals surface area contributed by atoms with Crippen molar-refractivity contribution in [2.45, 2.75) is 37.9 Å². The quantitative estimate of drug-likeness (QED) is 0.384. The Labute approximate surface area is 169 Å². The molecule has 1 aromatic heterocycles. The number of nitrogens with zero attached hydrogens (tertiary/aromatic N) is 3. The molecule has 0 saturated heterocycles. The molecule has 0 aliphatic heterocycles. The van der Waals surface area contributed by atoms with Crippen LogP contribution in [-0.2, 0) is 18.9 Å². The Morgan fingerprint density at radius 3 is 2.54 bits per heavy atom. The predicted molar refractivity (Wildman–Crippen MR) is 115 cm³/mol. The van der Waals surface area contributed by atoms with Crippen molar-refractivity contribution in [2.75, 3.05) is 0 Å². The van der Waals surface area contributed by atoms with E-state index in [-0.39, 0.29) is 0 Å². The SMILES string of the molecule is CCn1c(COc2ccc(C)cc2)nnc1SCc1cccc2ccccc12. The van der Waals surface area contributed by atoms with Crippen molar-refractivity contribution >= 4 is 22.5 Å². The Hall–Kier alpha value is -2.79. The third kappa shape index (κ3) is 4.04. The van der Waals surface area contributed by atoms with E-state index >= 15 is 0 Å². The molecule has 0 aliphatic rings. The van der Waals surface area contributed by atoms with Crippen LogP contribution in [-0.4, -0.2) is 14.8 Å². The summed E-state index contributed by atoms with van der Waals surface area (Å²) in [5, 5.41) is 12.3. The molecule has 0 N–H and O–H groups in total. The number of fused-ring (bicyclic) bond motifs is 1. The van der Waals surface area contributed by atoms with Crippen LogP contribution >= 0.6 is 11.8 Å². The lowest BCUT2D eigenvalue weighted by atomic mass is 10.1. The van der Waals surface area contributed by atoms with Crippen molar-refractivity contribution in [3.63, 3.8) is 0 Å². The smallest absolute Gasteiger partial charge is 0.191 e. The van der Waals surface area contributed by atoms with E-state index in [0.29, 0.717) is 6.61 Å². The second-order valence-electron chi connectivity index (χ2n) is 6.67. The minimum absolute atomic E-state index is 0.415. The average molecular weight is 390 g/mol. The van der Waals surface area contributed by atoms with E-state index in [1.807, 2.05) is 24.3 Å². The van der Waals surface area contributed by atoms with Crippen LogP contribution in [0.2, 0.25) is 0 Å². The molecule has 0 radical (unpaired) electrons. The molecule has 0 bridgehead atoms. The first-order valence-corrected chi connectivity index (χ1v) is 10.4. The van der Waals surface area contributed by atoms with Gasteiger partial charge in [-0.2, -0.15) is 0 Å². The van der Waals surface area contributed by atoms with Gasteiger partial charge in [-0.25, -0.2) is 0 Å². The van der Waals surface area contributed by atoms with Crippen molar-refractivity contribution < 1.29 is 4.74 Å². The maximum atomic E-state index is 5.89. The lowest BCUT2D eigenvalue weighted by Gasteiger charge is -2.10. The van der Waals surface area contributed by atoms with Crippen LogP contribution in [0.4, 0.5) is 0 Å². The molecule has 0 aliphatic carbocycles. The first kappa shape index (κ1) is 18.6. The van der Waals surface area contributed by atoms with Crippen LogP contribution in [0.3, 0.4) is 0 Å². The summed E-state index contributed by atoms with van der Waals surface area (Å²) in [5.41, 5.74) is 2.53. The highest BCUT2D eigenvalue weighted by molar-refractivity contribution is 7.98. The van der Waals surface area contributed by atoms with Gasteiger partial charge in [-0.1, -0.05) is 71.9 Å². The zero-order valence-electron chi connectivity index (χ0n) is 16.1. The number of hydrogen-bond acceptors (Lipinski definition) is 4. The van der Waals surface area contributed by atoms with E-state index in [4.69, 9.17) is 4.74 Å². The van der Waals surface area contributed by atoms with Gasteiger partial charge in [0.1, 0.15) is 12.4 Å². The van der Waals surface area contributed by atoms with Gasteiger partial charge in [-0.3, -0.25) is 0 Å². The third-order valence-corrected chi connectivity index (χ3v) is 5.75. The lowest BCUT2D eigenvalue weighted by Crippen LogP contribution is -2.07. The van der Waals surface area contributed by atoms with E-state index in [2.05, 4.69) is 71.1 Å². The Kier molecular flexibility index (Phi) is 5.63. The third-order valence-electron chi connectivity index (χ3n) is 4.74. The minimum Gasteiger partial charge on any atom is -0.486 e. The molecule has 142 valence electrons. The molecular formula is C23H23N3OS. The summed E-state index contributed by atoms with van der Waals surface area (Å²) in [6.07, 6.45) is 0. The van der Waals surface area contributed by atoms with Gasteiger partial charge in [0.05, 0.1) is 0 Å². The number of benzene rings is 3.